The number of carbonyl (C=O) groups is 2. The molecule has 1 aliphatic rings. The fourth-order valence-electron chi connectivity index (χ4n) is 3.57. The molecule has 0 saturated carbocycles. The van der Waals surface area contributed by atoms with Gasteiger partial charge in [-0.1, -0.05) is 60.3 Å². The maximum atomic E-state index is 12.7. The number of rotatable bonds is 8. The van der Waals surface area contributed by atoms with Gasteiger partial charge in [0.25, 0.3) is 5.91 Å². The third-order valence-electron chi connectivity index (χ3n) is 5.37. The van der Waals surface area contributed by atoms with Crippen molar-refractivity contribution in [2.45, 2.75) is 13.5 Å². The summed E-state index contributed by atoms with van der Waals surface area (Å²) in [6.45, 7) is 2.12. The number of carbonyl (C=O) groups excluding carboxylic acids is 2. The second kappa shape index (κ2) is 12.6. The molecule has 0 unspecified atom stereocenters. The van der Waals surface area contributed by atoms with E-state index in [1.54, 1.807) is 55.5 Å². The van der Waals surface area contributed by atoms with E-state index in [1.807, 2.05) is 30.3 Å². The van der Waals surface area contributed by atoms with Crippen LogP contribution in [0.4, 0.5) is 0 Å². The average Bonchev–Trinajstić information content (AvgIpc) is 3.22. The van der Waals surface area contributed by atoms with Crippen LogP contribution in [0.15, 0.2) is 98.5 Å². The fraction of sp³-hybridized carbons (Fsp3) is 0.138. The number of halogens is 1. The van der Waals surface area contributed by atoms with Crippen molar-refractivity contribution in [2.75, 3.05) is 13.7 Å². The van der Waals surface area contributed by atoms with E-state index >= 15 is 0 Å². The molecule has 0 atom stereocenters. The van der Waals surface area contributed by atoms with E-state index in [-0.39, 0.29) is 23.0 Å². The molecule has 0 spiro atoms. The monoisotopic (exact) mass is 593 g/mol. The lowest BCUT2D eigenvalue weighted by Crippen LogP contribution is -2.14. The molecule has 1 amide bonds. The van der Waals surface area contributed by atoms with Crippen LogP contribution in [0, 0.1) is 0 Å². The first kappa shape index (κ1) is 27.2. The lowest BCUT2D eigenvalue weighted by atomic mass is 10.1. The Labute approximate surface area is 233 Å². The highest BCUT2D eigenvalue weighted by Gasteiger charge is 2.34. The second-order valence-electron chi connectivity index (χ2n) is 7.95. The molecule has 0 fully saturated rings. The Balaban J connectivity index is 1.66. The molecule has 1 heterocycles. The zero-order valence-corrected chi connectivity index (χ0v) is 23.0. The maximum Gasteiger partial charge on any atom is 0.344 e. The van der Waals surface area contributed by atoms with Gasteiger partial charge in [0.15, 0.2) is 11.5 Å². The largest absolute Gasteiger partial charge is 0.506 e. The van der Waals surface area contributed by atoms with Crippen LogP contribution in [0.1, 0.15) is 28.4 Å². The zero-order chi connectivity index (χ0) is 27.1. The van der Waals surface area contributed by atoms with Gasteiger partial charge in [-0.05, 0) is 64.3 Å². The van der Waals surface area contributed by atoms with E-state index in [0.717, 1.165) is 17.3 Å². The summed E-state index contributed by atoms with van der Waals surface area (Å²) >= 11 is 4.55. The van der Waals surface area contributed by atoms with Crippen LogP contribution in [-0.4, -0.2) is 35.7 Å². The number of aliphatic hydroxyl groups is 1. The normalized spacial score (nSPS) is 15.1. The van der Waals surface area contributed by atoms with Crippen molar-refractivity contribution in [3.8, 4) is 11.5 Å². The summed E-state index contributed by atoms with van der Waals surface area (Å²) in [6.07, 6.45) is 1.67. The van der Waals surface area contributed by atoms with Gasteiger partial charge in [-0.3, -0.25) is 4.79 Å². The van der Waals surface area contributed by atoms with Gasteiger partial charge in [-0.15, -0.1) is 0 Å². The van der Waals surface area contributed by atoms with Crippen LogP contribution >= 0.6 is 27.7 Å². The Morgan fingerprint density at radius 3 is 2.39 bits per heavy atom. The molecule has 9 heteroatoms. The van der Waals surface area contributed by atoms with Gasteiger partial charge >= 0.3 is 5.97 Å². The Morgan fingerprint density at radius 2 is 1.74 bits per heavy atom. The van der Waals surface area contributed by atoms with Gasteiger partial charge in [0.1, 0.15) is 23.0 Å². The van der Waals surface area contributed by atoms with E-state index < -0.39 is 11.9 Å². The highest BCUT2D eigenvalue weighted by atomic mass is 79.9. The van der Waals surface area contributed by atoms with E-state index in [9.17, 15) is 14.7 Å². The van der Waals surface area contributed by atoms with E-state index in [2.05, 4.69) is 20.9 Å². The average molecular weight is 594 g/mol. The summed E-state index contributed by atoms with van der Waals surface area (Å²) in [6, 6.07) is 21.8. The number of nitrogens with zero attached hydrogens (tertiary/aromatic N) is 1. The van der Waals surface area contributed by atoms with Crippen LogP contribution in [0.5, 0.6) is 11.5 Å². The van der Waals surface area contributed by atoms with Gasteiger partial charge < -0.3 is 19.3 Å². The molecule has 194 valence electrons. The number of hydrogen-bond donors (Lipinski definition) is 1. The number of amides is 1. The van der Waals surface area contributed by atoms with Gasteiger partial charge in [0.2, 0.25) is 0 Å². The number of hydrogen-bond acceptors (Lipinski definition) is 7. The van der Waals surface area contributed by atoms with E-state index in [4.69, 9.17) is 14.2 Å². The van der Waals surface area contributed by atoms with Crippen LogP contribution in [0.25, 0.3) is 6.08 Å². The minimum Gasteiger partial charge on any atom is -0.506 e. The number of benzene rings is 3. The Hall–Kier alpha value is -3.82. The maximum absolute atomic E-state index is 12.7. The first-order valence-corrected chi connectivity index (χ1v) is 13.2. The summed E-state index contributed by atoms with van der Waals surface area (Å²) in [4.78, 5) is 29.8. The molecular weight excluding hydrogens is 570 g/mol. The number of aliphatic imine (C=N–C) groups is 1. The molecule has 1 N–H and O–H groups in total. The van der Waals surface area contributed by atoms with Crippen LogP contribution in [-0.2, 0) is 16.1 Å². The third kappa shape index (κ3) is 6.35. The molecule has 3 aromatic rings. The second-order valence-corrected chi connectivity index (χ2v) is 9.84. The molecule has 38 heavy (non-hydrogen) atoms. The smallest absolute Gasteiger partial charge is 0.344 e. The quantitative estimate of drug-likeness (QED) is 0.289. The molecule has 0 saturated heterocycles. The van der Waals surface area contributed by atoms with Crippen molar-refractivity contribution in [2.24, 2.45) is 4.99 Å². The van der Waals surface area contributed by atoms with Crippen LogP contribution < -0.4 is 9.47 Å². The Bertz CT molecular complexity index is 1430. The topological polar surface area (TPSA) is 94.4 Å². The van der Waals surface area contributed by atoms with E-state index in [1.165, 1.54) is 7.11 Å². The van der Waals surface area contributed by atoms with Crippen molar-refractivity contribution >= 4 is 50.7 Å². The predicted octanol–water partition coefficient (Wildman–Crippen LogP) is 6.74. The summed E-state index contributed by atoms with van der Waals surface area (Å²) in [7, 11) is 1.54. The lowest BCUT2D eigenvalue weighted by Gasteiger charge is -2.14. The number of methoxy groups -OCH3 is 1. The molecule has 0 radical (unpaired) electrons. The minimum atomic E-state index is -0.760. The third-order valence-corrected chi connectivity index (χ3v) is 6.98. The summed E-state index contributed by atoms with van der Waals surface area (Å²) in [5, 5.41) is 11.0. The van der Waals surface area contributed by atoms with Gasteiger partial charge in [-0.25, -0.2) is 9.79 Å². The van der Waals surface area contributed by atoms with Crippen LogP contribution in [0.2, 0.25) is 0 Å². The predicted molar refractivity (Wildman–Crippen MR) is 152 cm³/mol. The molecular formula is C29H24BrNO6S. The number of esters is 1. The van der Waals surface area contributed by atoms with Gasteiger partial charge in [0.05, 0.1) is 23.1 Å². The highest BCUT2D eigenvalue weighted by molar-refractivity contribution is 9.10. The minimum absolute atomic E-state index is 0.0647. The first-order chi connectivity index (χ1) is 18.4. The summed E-state index contributed by atoms with van der Waals surface area (Å²) < 4.78 is 17.3. The standard InChI is InChI=1S/C29H24BrNO6S/c1-3-36-29(34)24-25(32)23(38-28(24)31-27(33)20-12-8-5-9-13-20)16-19-14-21(30)26(22(15-19)35-2)37-17-18-10-6-4-7-11-18/h4-16,32H,3,17H2,1-2H3/b23-16-,31-28?. The van der Waals surface area contributed by atoms with Crippen molar-refractivity contribution in [3.63, 3.8) is 0 Å². The zero-order valence-electron chi connectivity index (χ0n) is 20.6. The fourth-order valence-corrected chi connectivity index (χ4v) is 5.16. The van der Waals surface area contributed by atoms with Crippen molar-refractivity contribution in [3.05, 3.63) is 110 Å². The highest BCUT2D eigenvalue weighted by Crippen LogP contribution is 2.42. The molecule has 3 aromatic carbocycles. The lowest BCUT2D eigenvalue weighted by molar-refractivity contribution is -0.138. The Kier molecular flexibility index (Phi) is 9.04. The molecule has 0 bridgehead atoms. The van der Waals surface area contributed by atoms with Crippen LogP contribution in [0.3, 0.4) is 0 Å². The van der Waals surface area contributed by atoms with Crippen molar-refractivity contribution in [1.82, 2.24) is 0 Å². The van der Waals surface area contributed by atoms with Crippen molar-refractivity contribution < 1.29 is 28.9 Å². The molecule has 0 aliphatic carbocycles. The van der Waals surface area contributed by atoms with Crippen molar-refractivity contribution in [1.29, 1.82) is 0 Å². The number of thioether (sulfide) groups is 1. The van der Waals surface area contributed by atoms with Gasteiger partial charge in [0, 0.05) is 5.56 Å². The molecule has 4 rings (SSSR count). The summed E-state index contributed by atoms with van der Waals surface area (Å²) in [5.74, 6) is -0.600. The first-order valence-electron chi connectivity index (χ1n) is 11.6. The number of ether oxygens (including phenoxy) is 3. The van der Waals surface area contributed by atoms with E-state index in [0.29, 0.717) is 38.6 Å². The Morgan fingerprint density at radius 1 is 1.05 bits per heavy atom. The molecule has 1 aliphatic heterocycles. The SMILES string of the molecule is CCOC(=O)C1=C(O)/C(=C/c2cc(Br)c(OCc3ccccc3)c(OC)c2)SC1=NC(=O)c1ccccc1. The summed E-state index contributed by atoms with van der Waals surface area (Å²) in [5.41, 5.74) is 1.88. The molecule has 7 nitrogen and oxygen atoms in total. The number of aliphatic hydroxyl groups excluding tert-OH is 1. The van der Waals surface area contributed by atoms with Gasteiger partial charge in [-0.2, -0.15) is 0 Å². The molecule has 0 aromatic heterocycles.